The van der Waals surface area contributed by atoms with Crippen LogP contribution in [0.15, 0.2) is 43.5 Å². The molecule has 128 valence electrons. The number of fused-ring (bicyclic) bond motifs is 1. The van der Waals surface area contributed by atoms with Gasteiger partial charge >= 0.3 is 0 Å². The Morgan fingerprint density at radius 1 is 1.28 bits per heavy atom. The Balaban J connectivity index is 1.68. The van der Waals surface area contributed by atoms with Crippen LogP contribution in [0.1, 0.15) is 24.5 Å². The van der Waals surface area contributed by atoms with Crippen molar-refractivity contribution in [2.45, 2.75) is 18.8 Å². The van der Waals surface area contributed by atoms with Crippen LogP contribution in [0.2, 0.25) is 0 Å². The second-order valence-corrected chi connectivity index (χ2v) is 6.38. The zero-order chi connectivity index (χ0) is 17.4. The number of aryl methyl sites for hydroxylation is 1. The maximum absolute atomic E-state index is 11.8. The van der Waals surface area contributed by atoms with Crippen LogP contribution in [0.25, 0.3) is 16.8 Å². The molecule has 1 saturated heterocycles. The lowest BCUT2D eigenvalue weighted by atomic mass is 9.92. The molecule has 1 amide bonds. The largest absolute Gasteiger partial charge is 0.339 e. The number of aromatic nitrogens is 5. The van der Waals surface area contributed by atoms with E-state index < -0.39 is 0 Å². The molecule has 1 aliphatic rings. The molecule has 0 bridgehead atoms. The quantitative estimate of drug-likeness (QED) is 0.686. The monoisotopic (exact) mass is 336 g/mol. The third-order valence-corrected chi connectivity index (χ3v) is 4.79. The molecule has 0 aromatic carbocycles. The summed E-state index contributed by atoms with van der Waals surface area (Å²) in [4.78, 5) is 18.6. The molecule has 1 aliphatic heterocycles. The minimum absolute atomic E-state index is 0.00465. The molecule has 25 heavy (non-hydrogen) atoms. The summed E-state index contributed by atoms with van der Waals surface area (Å²) in [6.45, 7) is 5.03. The van der Waals surface area contributed by atoms with Crippen LogP contribution in [0.3, 0.4) is 0 Å². The minimum atomic E-state index is 0.00465. The summed E-state index contributed by atoms with van der Waals surface area (Å²) >= 11 is 0. The molecule has 0 aliphatic carbocycles. The highest BCUT2D eigenvalue weighted by Gasteiger charge is 2.26. The minimum Gasteiger partial charge on any atom is -0.339 e. The number of hydrogen-bond donors (Lipinski definition) is 0. The molecule has 0 atom stereocenters. The van der Waals surface area contributed by atoms with E-state index in [1.165, 1.54) is 6.08 Å². The predicted molar refractivity (Wildman–Crippen MR) is 93.9 cm³/mol. The molecule has 0 N–H and O–H groups in total. The Hall–Kier alpha value is -2.96. The van der Waals surface area contributed by atoms with Crippen molar-refractivity contribution in [3.63, 3.8) is 0 Å². The van der Waals surface area contributed by atoms with E-state index in [1.54, 1.807) is 10.9 Å². The molecule has 4 heterocycles. The summed E-state index contributed by atoms with van der Waals surface area (Å²) in [5.74, 6) is 0.315. The highest BCUT2D eigenvalue weighted by Crippen LogP contribution is 2.31. The lowest BCUT2D eigenvalue weighted by Gasteiger charge is -2.31. The second-order valence-electron chi connectivity index (χ2n) is 6.38. The first-order valence-electron chi connectivity index (χ1n) is 8.40. The fraction of sp³-hybridized carbons (Fsp3) is 0.333. The van der Waals surface area contributed by atoms with Gasteiger partial charge in [-0.25, -0.2) is 9.50 Å². The third kappa shape index (κ3) is 2.82. The van der Waals surface area contributed by atoms with E-state index in [9.17, 15) is 4.79 Å². The van der Waals surface area contributed by atoms with E-state index in [0.717, 1.165) is 48.4 Å². The first-order valence-corrected chi connectivity index (χ1v) is 8.40. The van der Waals surface area contributed by atoms with Gasteiger partial charge in [-0.05, 0) is 25.0 Å². The van der Waals surface area contributed by atoms with Gasteiger partial charge in [-0.1, -0.05) is 6.58 Å². The molecule has 4 rings (SSSR count). The van der Waals surface area contributed by atoms with Gasteiger partial charge in [0.25, 0.3) is 0 Å². The SMILES string of the molecule is C=CC(=O)N1CCC(c2nc(-c3cnn(C)c3)cn3nccc23)CC1. The number of piperidine rings is 1. The number of nitrogens with zero attached hydrogens (tertiary/aromatic N) is 6. The van der Waals surface area contributed by atoms with Gasteiger partial charge in [0.1, 0.15) is 0 Å². The Bertz CT molecular complexity index is 932. The Kier molecular flexibility index (Phi) is 3.83. The first kappa shape index (κ1) is 15.6. The third-order valence-electron chi connectivity index (χ3n) is 4.79. The van der Waals surface area contributed by atoms with E-state index in [-0.39, 0.29) is 5.91 Å². The topological polar surface area (TPSA) is 68.3 Å². The van der Waals surface area contributed by atoms with E-state index in [0.29, 0.717) is 5.92 Å². The van der Waals surface area contributed by atoms with Crippen LogP contribution >= 0.6 is 0 Å². The Morgan fingerprint density at radius 3 is 2.76 bits per heavy atom. The van der Waals surface area contributed by atoms with Crippen molar-refractivity contribution >= 4 is 11.4 Å². The first-order chi connectivity index (χ1) is 12.2. The van der Waals surface area contributed by atoms with E-state index >= 15 is 0 Å². The zero-order valence-corrected chi connectivity index (χ0v) is 14.2. The summed E-state index contributed by atoms with van der Waals surface area (Å²) in [6.07, 6.45) is 10.7. The molecule has 1 fully saturated rings. The molecular formula is C18H20N6O. The average Bonchev–Trinajstić information content (AvgIpc) is 3.29. The zero-order valence-electron chi connectivity index (χ0n) is 14.2. The average molecular weight is 336 g/mol. The van der Waals surface area contributed by atoms with Crippen LogP contribution in [0.4, 0.5) is 0 Å². The molecule has 7 heteroatoms. The van der Waals surface area contributed by atoms with Crippen molar-refractivity contribution in [1.82, 2.24) is 29.3 Å². The van der Waals surface area contributed by atoms with Gasteiger partial charge in [-0.15, -0.1) is 0 Å². The van der Waals surface area contributed by atoms with Gasteiger partial charge in [0.2, 0.25) is 5.91 Å². The van der Waals surface area contributed by atoms with Gasteiger partial charge in [0.05, 0.1) is 35.5 Å². The van der Waals surface area contributed by atoms with Crippen LogP contribution in [-0.2, 0) is 11.8 Å². The van der Waals surface area contributed by atoms with Crippen molar-refractivity contribution in [2.24, 2.45) is 7.05 Å². The van der Waals surface area contributed by atoms with Gasteiger partial charge < -0.3 is 4.90 Å². The maximum atomic E-state index is 11.8. The van der Waals surface area contributed by atoms with Crippen LogP contribution in [0, 0.1) is 0 Å². The predicted octanol–water partition coefficient (Wildman–Crippen LogP) is 2.02. The number of likely N-dealkylation sites (tertiary alicyclic amines) is 1. The van der Waals surface area contributed by atoms with Crippen LogP contribution in [0.5, 0.6) is 0 Å². The summed E-state index contributed by atoms with van der Waals surface area (Å²) in [5.41, 5.74) is 3.91. The summed E-state index contributed by atoms with van der Waals surface area (Å²) in [6, 6.07) is 2.00. The summed E-state index contributed by atoms with van der Waals surface area (Å²) in [7, 11) is 1.89. The molecule has 3 aromatic rings. The molecule has 3 aromatic heterocycles. The molecular weight excluding hydrogens is 316 g/mol. The standard InChI is InChI=1S/C18H20N6O/c1-3-17(25)23-8-5-13(6-9-23)18-16-4-7-19-24(16)12-15(21-18)14-10-20-22(2)11-14/h3-4,7,10-13H,1,5-6,8-9H2,2H3. The van der Waals surface area contributed by atoms with Crippen molar-refractivity contribution in [3.05, 3.63) is 49.2 Å². The summed E-state index contributed by atoms with van der Waals surface area (Å²) in [5, 5.41) is 8.63. The number of hydrogen-bond acceptors (Lipinski definition) is 4. The lowest BCUT2D eigenvalue weighted by Crippen LogP contribution is -2.37. The highest BCUT2D eigenvalue weighted by atomic mass is 16.2. The van der Waals surface area contributed by atoms with E-state index in [4.69, 9.17) is 4.98 Å². The fourth-order valence-electron chi connectivity index (χ4n) is 3.45. The van der Waals surface area contributed by atoms with Gasteiger partial charge in [-0.3, -0.25) is 9.48 Å². The van der Waals surface area contributed by atoms with Gasteiger partial charge in [0.15, 0.2) is 0 Å². The van der Waals surface area contributed by atoms with Crippen LogP contribution in [-0.4, -0.2) is 48.3 Å². The van der Waals surface area contributed by atoms with Crippen LogP contribution < -0.4 is 0 Å². The van der Waals surface area contributed by atoms with Crippen molar-refractivity contribution < 1.29 is 4.79 Å². The van der Waals surface area contributed by atoms with Crippen molar-refractivity contribution in [1.29, 1.82) is 0 Å². The lowest BCUT2D eigenvalue weighted by molar-refractivity contribution is -0.127. The van der Waals surface area contributed by atoms with Crippen molar-refractivity contribution in [2.75, 3.05) is 13.1 Å². The Labute approximate surface area is 145 Å². The number of carbonyl (C=O) groups excluding carboxylic acids is 1. The highest BCUT2D eigenvalue weighted by molar-refractivity contribution is 5.87. The smallest absolute Gasteiger partial charge is 0.245 e. The van der Waals surface area contributed by atoms with Gasteiger partial charge in [0, 0.05) is 37.8 Å². The normalized spacial score (nSPS) is 15.6. The molecule has 7 nitrogen and oxygen atoms in total. The van der Waals surface area contributed by atoms with Crippen molar-refractivity contribution in [3.8, 4) is 11.3 Å². The number of carbonyl (C=O) groups is 1. The number of rotatable bonds is 3. The molecule has 0 spiro atoms. The second kappa shape index (κ2) is 6.16. The molecule has 0 unspecified atom stereocenters. The summed E-state index contributed by atoms with van der Waals surface area (Å²) < 4.78 is 3.65. The van der Waals surface area contributed by atoms with E-state index in [1.807, 2.05) is 41.1 Å². The number of amides is 1. The molecule has 0 radical (unpaired) electrons. The van der Waals surface area contributed by atoms with Gasteiger partial charge in [-0.2, -0.15) is 10.2 Å². The maximum Gasteiger partial charge on any atom is 0.245 e. The fourth-order valence-corrected chi connectivity index (χ4v) is 3.45. The Morgan fingerprint density at radius 2 is 2.08 bits per heavy atom. The van der Waals surface area contributed by atoms with E-state index in [2.05, 4.69) is 16.8 Å². The molecule has 0 saturated carbocycles.